The molecule has 0 spiro atoms. The molecule has 1 nitrogen and oxygen atoms in total. The van der Waals surface area contributed by atoms with E-state index in [0.717, 1.165) is 5.70 Å². The van der Waals surface area contributed by atoms with Gasteiger partial charge in [-0.1, -0.05) is 39.3 Å². The maximum Gasteiger partial charge on any atom is 0.00514 e. The van der Waals surface area contributed by atoms with E-state index in [-0.39, 0.29) is 31.1 Å². The minimum Gasteiger partial charge on any atom is -0.402 e. The van der Waals surface area contributed by atoms with Crippen molar-refractivity contribution in [2.75, 3.05) is 0 Å². The van der Waals surface area contributed by atoms with Crippen molar-refractivity contribution in [3.05, 3.63) is 23.4 Å². The van der Waals surface area contributed by atoms with Crippen LogP contribution in [0.2, 0.25) is 0 Å². The molecule has 78 valence electrons. The third kappa shape index (κ3) is 32.8. The van der Waals surface area contributed by atoms with Crippen molar-refractivity contribution in [2.24, 2.45) is 5.73 Å². The molecule has 0 radical (unpaired) electrons. The van der Waals surface area contributed by atoms with Crippen LogP contribution in [0.15, 0.2) is 23.4 Å². The first-order valence-electron chi connectivity index (χ1n) is 4.73. The third-order valence-corrected chi connectivity index (χ3v) is 0.911. The van der Waals surface area contributed by atoms with E-state index in [2.05, 4.69) is 0 Å². The number of nitrogens with two attached hydrogens (primary N) is 1. The first-order chi connectivity index (χ1) is 5.66. The zero-order valence-corrected chi connectivity index (χ0v) is 14.4. The van der Waals surface area contributed by atoms with E-state index in [1.807, 2.05) is 60.6 Å². The van der Waals surface area contributed by atoms with Crippen molar-refractivity contribution >= 4 is 0 Å². The summed E-state index contributed by atoms with van der Waals surface area (Å²) in [5.74, 6) is 0. The molecule has 2 N–H and O–H groups in total. The van der Waals surface area contributed by atoms with Crippen molar-refractivity contribution in [3.8, 4) is 0 Å². The summed E-state index contributed by atoms with van der Waals surface area (Å²) in [6.45, 7) is 13.9. The van der Waals surface area contributed by atoms with Crippen LogP contribution in [0, 0.1) is 31.1 Å². The van der Waals surface area contributed by atoms with Crippen LogP contribution in [-0.2, 0) is 0 Å². The minimum absolute atomic E-state index is 0. The van der Waals surface area contributed by atoms with Crippen molar-refractivity contribution in [1.29, 1.82) is 0 Å². The molecule has 0 fully saturated rings. The Morgan fingerprint density at radius 1 is 1.00 bits per heavy atom. The van der Waals surface area contributed by atoms with Crippen LogP contribution >= 0.6 is 0 Å². The first-order valence-corrected chi connectivity index (χ1v) is 4.73. The SMILES string of the molecule is C/C=C(C)\C=C(\C)N.CC.CC.[U]. The van der Waals surface area contributed by atoms with Crippen LogP contribution in [0.5, 0.6) is 0 Å². The molecule has 13 heavy (non-hydrogen) atoms. The van der Waals surface area contributed by atoms with Crippen LogP contribution in [0.1, 0.15) is 48.5 Å². The Bertz CT molecular complexity index is 122. The Balaban J connectivity index is -0.0000000712. The van der Waals surface area contributed by atoms with Gasteiger partial charge in [-0.25, -0.2) is 0 Å². The molecule has 0 aromatic rings. The van der Waals surface area contributed by atoms with Crippen molar-refractivity contribution in [3.63, 3.8) is 0 Å². The van der Waals surface area contributed by atoms with Gasteiger partial charge in [-0.15, -0.1) is 0 Å². The molecule has 0 rings (SSSR count). The molecule has 0 atom stereocenters. The molecule has 0 aromatic heterocycles. The second kappa shape index (κ2) is 22.8. The van der Waals surface area contributed by atoms with Crippen molar-refractivity contribution < 1.29 is 31.1 Å². The Labute approximate surface area is 108 Å². The quantitative estimate of drug-likeness (QED) is 0.654. The van der Waals surface area contributed by atoms with E-state index in [0.29, 0.717) is 0 Å². The molecule has 0 saturated heterocycles. The maximum atomic E-state index is 5.39. The van der Waals surface area contributed by atoms with E-state index in [4.69, 9.17) is 5.73 Å². The summed E-state index contributed by atoms with van der Waals surface area (Å²) in [4.78, 5) is 0. The molecular formula is C11H25NU. The molecule has 0 bridgehead atoms. The predicted octanol–water partition coefficient (Wildman–Crippen LogP) is 3.87. The van der Waals surface area contributed by atoms with Gasteiger partial charge in [0.15, 0.2) is 0 Å². The average molecular weight is 409 g/mol. The largest absolute Gasteiger partial charge is 0.402 e. The standard InChI is InChI=1S/C7H13N.2C2H6.U/c1-4-6(2)5-7(3)8;2*1-2;/h4-5H,8H2,1-3H3;2*1-2H3;/b6-4-,7-5-;;;. The van der Waals surface area contributed by atoms with Gasteiger partial charge >= 0.3 is 0 Å². The topological polar surface area (TPSA) is 26.0 Å². The predicted molar refractivity (Wildman–Crippen MR) is 60.1 cm³/mol. The van der Waals surface area contributed by atoms with Gasteiger partial charge in [-0.3, -0.25) is 0 Å². The van der Waals surface area contributed by atoms with Crippen LogP contribution in [0.4, 0.5) is 0 Å². The van der Waals surface area contributed by atoms with E-state index < -0.39 is 0 Å². The van der Waals surface area contributed by atoms with Crippen LogP contribution in [-0.4, -0.2) is 0 Å². The maximum absolute atomic E-state index is 5.39. The molecule has 0 aliphatic heterocycles. The first kappa shape index (κ1) is 23.3. The minimum atomic E-state index is 0. The van der Waals surface area contributed by atoms with Crippen molar-refractivity contribution in [1.82, 2.24) is 0 Å². The molecule has 0 aliphatic carbocycles. The van der Waals surface area contributed by atoms with E-state index in [1.165, 1.54) is 5.57 Å². The summed E-state index contributed by atoms with van der Waals surface area (Å²) in [5, 5.41) is 0. The summed E-state index contributed by atoms with van der Waals surface area (Å²) in [6.07, 6.45) is 3.97. The van der Waals surface area contributed by atoms with Gasteiger partial charge in [0.1, 0.15) is 0 Å². The number of allylic oxidation sites excluding steroid dienone is 4. The third-order valence-electron chi connectivity index (χ3n) is 0.911. The molecule has 0 unspecified atom stereocenters. The average Bonchev–Trinajstić information content (AvgIpc) is 2.10. The van der Waals surface area contributed by atoms with Crippen molar-refractivity contribution in [2.45, 2.75) is 48.5 Å². The van der Waals surface area contributed by atoms with Gasteiger partial charge < -0.3 is 5.73 Å². The zero-order valence-electron chi connectivity index (χ0n) is 10.2. The second-order valence-electron chi connectivity index (χ2n) is 1.92. The van der Waals surface area contributed by atoms with E-state index >= 15 is 0 Å². The Kier molecular flexibility index (Phi) is 40.9. The van der Waals surface area contributed by atoms with Gasteiger partial charge in [-0.05, 0) is 26.8 Å². The summed E-state index contributed by atoms with van der Waals surface area (Å²) in [5.41, 5.74) is 7.46. The monoisotopic (exact) mass is 409 g/mol. The number of hydrogen-bond donors (Lipinski definition) is 1. The normalized spacial score (nSPS) is 9.77. The Hall–Kier alpha value is 0.332. The van der Waals surface area contributed by atoms with Crippen LogP contribution in [0.25, 0.3) is 0 Å². The summed E-state index contributed by atoms with van der Waals surface area (Å²) >= 11 is 0. The summed E-state index contributed by atoms with van der Waals surface area (Å²) < 4.78 is 0. The summed E-state index contributed by atoms with van der Waals surface area (Å²) in [6, 6.07) is 0. The van der Waals surface area contributed by atoms with E-state index in [1.54, 1.807) is 0 Å². The van der Waals surface area contributed by atoms with Crippen LogP contribution in [0.3, 0.4) is 0 Å². The van der Waals surface area contributed by atoms with Crippen LogP contribution < -0.4 is 5.73 Å². The fourth-order valence-electron chi connectivity index (χ4n) is 0.442. The Morgan fingerprint density at radius 3 is 1.38 bits per heavy atom. The van der Waals surface area contributed by atoms with E-state index in [9.17, 15) is 0 Å². The fourth-order valence-corrected chi connectivity index (χ4v) is 0.442. The number of rotatable bonds is 1. The molecule has 2 heteroatoms. The zero-order chi connectivity index (χ0) is 10.6. The number of hydrogen-bond acceptors (Lipinski definition) is 1. The van der Waals surface area contributed by atoms with Gasteiger partial charge in [0.25, 0.3) is 0 Å². The molecule has 0 aromatic carbocycles. The summed E-state index contributed by atoms with van der Waals surface area (Å²) in [7, 11) is 0. The molecule has 0 aliphatic rings. The molecular weight excluding hydrogens is 384 g/mol. The molecule has 0 saturated carbocycles. The fraction of sp³-hybridized carbons (Fsp3) is 0.636. The smallest absolute Gasteiger partial charge is 0.00514 e. The van der Waals surface area contributed by atoms with Gasteiger partial charge in [-0.2, -0.15) is 0 Å². The van der Waals surface area contributed by atoms with Gasteiger partial charge in [0.05, 0.1) is 0 Å². The van der Waals surface area contributed by atoms with Gasteiger partial charge in [0.2, 0.25) is 0 Å². The van der Waals surface area contributed by atoms with Gasteiger partial charge in [0, 0.05) is 36.8 Å². The molecule has 0 amide bonds. The Morgan fingerprint density at radius 2 is 1.31 bits per heavy atom. The second-order valence-corrected chi connectivity index (χ2v) is 1.92. The molecule has 0 heterocycles.